The maximum absolute atomic E-state index is 13.5. The highest BCUT2D eigenvalue weighted by atomic mass is 31.2. The lowest BCUT2D eigenvalue weighted by atomic mass is 9.99. The summed E-state index contributed by atoms with van der Waals surface area (Å²) in [5, 5.41) is 12.0. The van der Waals surface area contributed by atoms with E-state index < -0.39 is 19.8 Å². The van der Waals surface area contributed by atoms with E-state index in [0.29, 0.717) is 16.2 Å². The SMILES string of the molecule is C=[N+](O)c1ccc(O[P@@](=O)(N[C@@H](C)C(=O)OCC(C)(C)C)Oc2ccccc2)cc1. The summed E-state index contributed by atoms with van der Waals surface area (Å²) in [5.74, 6) is -0.0594. The number of esters is 1. The molecule has 2 rings (SSSR count). The molecule has 2 atom stereocenters. The van der Waals surface area contributed by atoms with Gasteiger partial charge in [-0.25, -0.2) is 4.57 Å². The van der Waals surface area contributed by atoms with Crippen LogP contribution in [0.5, 0.6) is 11.5 Å². The minimum Gasteiger partial charge on any atom is -0.464 e. The molecular formula is C21H28N2O6P+. The standard InChI is InChI=1S/C21H28N2O6P/c1-16(20(24)27-15-21(2,3)4)22-30(26,28-18-9-7-6-8-10-18)29-19-13-11-17(12-14-19)23(5)25/h6-14,16,25H,5,15H2,1-4H3,(H,22,26)/q+1/t16-,30+/m0/s1. The normalized spacial score (nSPS) is 14.3. The second-order valence-corrected chi connectivity index (χ2v) is 9.52. The molecule has 0 aromatic heterocycles. The molecule has 0 spiro atoms. The van der Waals surface area contributed by atoms with Crippen LogP contribution in [0.15, 0.2) is 54.6 Å². The highest BCUT2D eigenvalue weighted by Crippen LogP contribution is 2.45. The van der Waals surface area contributed by atoms with Gasteiger partial charge in [0.1, 0.15) is 17.5 Å². The van der Waals surface area contributed by atoms with Crippen LogP contribution in [0.25, 0.3) is 0 Å². The maximum atomic E-state index is 13.5. The number of nitrogens with zero attached hydrogens (tertiary/aromatic N) is 1. The molecule has 0 saturated carbocycles. The van der Waals surface area contributed by atoms with E-state index in [4.69, 9.17) is 13.8 Å². The molecule has 0 amide bonds. The van der Waals surface area contributed by atoms with Gasteiger partial charge in [-0.2, -0.15) is 5.09 Å². The van der Waals surface area contributed by atoms with Crippen LogP contribution in [0.4, 0.5) is 5.69 Å². The number of ether oxygens (including phenoxy) is 1. The van der Waals surface area contributed by atoms with Crippen LogP contribution < -0.4 is 14.1 Å². The van der Waals surface area contributed by atoms with Gasteiger partial charge in [0.2, 0.25) is 0 Å². The molecule has 8 nitrogen and oxygen atoms in total. The first-order chi connectivity index (χ1) is 14.0. The van der Waals surface area contributed by atoms with Gasteiger partial charge in [0.25, 0.3) is 5.69 Å². The first kappa shape index (κ1) is 23.4. The Hall–Kier alpha value is -2.83. The molecule has 0 radical (unpaired) electrons. The molecule has 2 N–H and O–H groups in total. The van der Waals surface area contributed by atoms with E-state index in [1.807, 2.05) is 20.8 Å². The van der Waals surface area contributed by atoms with E-state index in [2.05, 4.69) is 11.8 Å². The van der Waals surface area contributed by atoms with Gasteiger partial charge in [0.05, 0.1) is 6.61 Å². The van der Waals surface area contributed by atoms with E-state index >= 15 is 0 Å². The van der Waals surface area contributed by atoms with E-state index in [0.717, 1.165) is 0 Å². The van der Waals surface area contributed by atoms with Gasteiger partial charge in [-0.1, -0.05) is 39.0 Å². The van der Waals surface area contributed by atoms with Gasteiger partial charge in [-0.15, -0.1) is 0 Å². The Bertz CT molecular complexity index is 909. The molecule has 0 aliphatic rings. The van der Waals surface area contributed by atoms with Crippen molar-refractivity contribution in [3.05, 3.63) is 54.6 Å². The molecule has 9 heteroatoms. The molecular weight excluding hydrogens is 407 g/mol. The first-order valence-electron chi connectivity index (χ1n) is 9.36. The third-order valence-electron chi connectivity index (χ3n) is 3.68. The fourth-order valence-electron chi connectivity index (χ4n) is 2.21. The zero-order valence-corrected chi connectivity index (χ0v) is 18.5. The van der Waals surface area contributed by atoms with Gasteiger partial charge >= 0.3 is 13.7 Å². The first-order valence-corrected chi connectivity index (χ1v) is 10.9. The average Bonchev–Trinajstić information content (AvgIpc) is 2.66. The third kappa shape index (κ3) is 7.54. The monoisotopic (exact) mass is 435 g/mol. The number of para-hydroxylation sites is 1. The van der Waals surface area contributed by atoms with E-state index in [-0.39, 0.29) is 17.8 Å². The molecule has 30 heavy (non-hydrogen) atoms. The summed E-state index contributed by atoms with van der Waals surface area (Å²) in [6.45, 7) is 10.9. The van der Waals surface area contributed by atoms with E-state index in [9.17, 15) is 14.6 Å². The Morgan fingerprint density at radius 1 is 1.10 bits per heavy atom. The predicted octanol–water partition coefficient (Wildman–Crippen LogP) is 4.55. The molecule has 0 fully saturated rings. The summed E-state index contributed by atoms with van der Waals surface area (Å²) in [5.41, 5.74) is 0.209. The van der Waals surface area contributed by atoms with Crippen molar-refractivity contribution in [2.45, 2.75) is 33.7 Å². The van der Waals surface area contributed by atoms with Crippen LogP contribution in [0.1, 0.15) is 27.7 Å². The Morgan fingerprint density at radius 3 is 2.13 bits per heavy atom. The molecule has 0 bridgehead atoms. The van der Waals surface area contributed by atoms with Crippen molar-refractivity contribution in [2.24, 2.45) is 5.41 Å². The summed E-state index contributed by atoms with van der Waals surface area (Å²) in [7, 11) is -4.02. The number of hydrogen-bond acceptors (Lipinski definition) is 6. The van der Waals surface area contributed by atoms with Crippen LogP contribution in [0.2, 0.25) is 0 Å². The van der Waals surface area contributed by atoms with Gasteiger partial charge < -0.3 is 13.8 Å². The van der Waals surface area contributed by atoms with Gasteiger partial charge in [0.15, 0.2) is 6.72 Å². The summed E-state index contributed by atoms with van der Waals surface area (Å²) < 4.78 is 30.6. The Balaban J connectivity index is 2.19. The highest BCUT2D eigenvalue weighted by molar-refractivity contribution is 7.52. The minimum atomic E-state index is -4.02. The van der Waals surface area contributed by atoms with Crippen molar-refractivity contribution >= 4 is 26.1 Å². The lowest BCUT2D eigenvalue weighted by Gasteiger charge is -2.24. The summed E-state index contributed by atoms with van der Waals surface area (Å²) in [6, 6.07) is 13.6. The minimum absolute atomic E-state index is 0.202. The van der Waals surface area contributed by atoms with Crippen molar-refractivity contribution in [3.63, 3.8) is 0 Å². The van der Waals surface area contributed by atoms with Crippen molar-refractivity contribution in [1.82, 2.24) is 5.09 Å². The van der Waals surface area contributed by atoms with Gasteiger partial charge in [-0.3, -0.25) is 10.0 Å². The zero-order valence-electron chi connectivity index (χ0n) is 17.6. The molecule has 162 valence electrons. The number of hydrogen-bond donors (Lipinski definition) is 2. The number of carbonyl (C=O) groups excluding carboxylic acids is 1. The number of benzene rings is 2. The second kappa shape index (κ2) is 9.78. The smallest absolute Gasteiger partial charge is 0.464 e. The fourth-order valence-corrected chi connectivity index (χ4v) is 3.73. The van der Waals surface area contributed by atoms with Crippen LogP contribution in [-0.4, -0.2) is 35.3 Å². The number of carbonyl (C=O) groups is 1. The van der Waals surface area contributed by atoms with Gasteiger partial charge in [-0.05, 0) is 36.6 Å². The van der Waals surface area contributed by atoms with Crippen molar-refractivity contribution in [2.75, 3.05) is 6.61 Å². The lowest BCUT2D eigenvalue weighted by Crippen LogP contribution is -2.37. The molecule has 0 aliphatic heterocycles. The van der Waals surface area contributed by atoms with E-state index in [1.165, 1.54) is 31.2 Å². The van der Waals surface area contributed by atoms with Crippen molar-refractivity contribution < 1.29 is 33.1 Å². The third-order valence-corrected chi connectivity index (χ3v) is 5.29. The molecule has 2 aromatic rings. The Morgan fingerprint density at radius 2 is 1.63 bits per heavy atom. The highest BCUT2D eigenvalue weighted by Gasteiger charge is 2.34. The van der Waals surface area contributed by atoms with Gasteiger partial charge in [0, 0.05) is 16.9 Å². The molecule has 0 heterocycles. The van der Waals surface area contributed by atoms with Crippen LogP contribution in [-0.2, 0) is 14.1 Å². The lowest BCUT2D eigenvalue weighted by molar-refractivity contribution is -0.706. The molecule has 0 unspecified atom stereocenters. The number of nitrogens with one attached hydrogen (secondary N) is 1. The summed E-state index contributed by atoms with van der Waals surface area (Å²) in [4.78, 5) is 12.3. The largest absolute Gasteiger partial charge is 0.513 e. The number of rotatable bonds is 9. The zero-order chi connectivity index (χ0) is 22.4. The molecule has 2 aromatic carbocycles. The maximum Gasteiger partial charge on any atom is 0.513 e. The molecule has 0 saturated heterocycles. The predicted molar refractivity (Wildman–Crippen MR) is 114 cm³/mol. The molecule has 0 aliphatic carbocycles. The van der Waals surface area contributed by atoms with Crippen molar-refractivity contribution in [1.29, 1.82) is 0 Å². The topological polar surface area (TPSA) is 97.1 Å². The quantitative estimate of drug-likeness (QED) is 0.149. The summed E-state index contributed by atoms with van der Waals surface area (Å²) in [6.07, 6.45) is 0. The second-order valence-electron chi connectivity index (χ2n) is 7.91. The fraction of sp³-hybridized carbons (Fsp3) is 0.333. The van der Waals surface area contributed by atoms with E-state index in [1.54, 1.807) is 30.3 Å². The average molecular weight is 435 g/mol. The Labute approximate surface area is 176 Å². The summed E-state index contributed by atoms with van der Waals surface area (Å²) >= 11 is 0. The Kier molecular flexibility index (Phi) is 7.65. The van der Waals surface area contributed by atoms with Crippen LogP contribution in [0, 0.1) is 5.41 Å². The van der Waals surface area contributed by atoms with Crippen LogP contribution in [0.3, 0.4) is 0 Å². The van der Waals surface area contributed by atoms with Crippen molar-refractivity contribution in [3.8, 4) is 11.5 Å². The van der Waals surface area contributed by atoms with Crippen LogP contribution >= 0.6 is 7.75 Å².